The molecule has 7 nitrogen and oxygen atoms in total. The summed E-state index contributed by atoms with van der Waals surface area (Å²) in [7, 11) is 3.40. The van der Waals surface area contributed by atoms with Gasteiger partial charge in [0, 0.05) is 44.0 Å². The maximum absolute atomic E-state index is 12.5. The Morgan fingerprint density at radius 2 is 1.69 bits per heavy atom. The summed E-state index contributed by atoms with van der Waals surface area (Å²) >= 11 is 0. The van der Waals surface area contributed by atoms with E-state index in [0.29, 0.717) is 0 Å². The molecule has 192 valence electrons. The number of benzene rings is 1. The zero-order valence-corrected chi connectivity index (χ0v) is 21.9. The van der Waals surface area contributed by atoms with Gasteiger partial charge in [0.1, 0.15) is 5.75 Å². The van der Waals surface area contributed by atoms with E-state index >= 15 is 0 Å². The van der Waals surface area contributed by atoms with E-state index < -0.39 is 0 Å². The zero-order valence-electron chi connectivity index (χ0n) is 21.9. The number of para-hydroxylation sites is 2. The first-order chi connectivity index (χ1) is 17.1. The maximum Gasteiger partial charge on any atom is 0.317 e. The third-order valence-electron chi connectivity index (χ3n) is 6.82. The average Bonchev–Trinajstić information content (AvgIpc) is 2.90. The lowest BCUT2D eigenvalue weighted by molar-refractivity contribution is 0.194. The summed E-state index contributed by atoms with van der Waals surface area (Å²) < 4.78 is 11.0. The lowest BCUT2D eigenvalue weighted by atomic mass is 10.0. The molecule has 0 spiro atoms. The number of rotatable bonds is 12. The van der Waals surface area contributed by atoms with Gasteiger partial charge in [-0.25, -0.2) is 9.78 Å². The highest BCUT2D eigenvalue weighted by Crippen LogP contribution is 2.28. The standard InChI is InChI=1S/C28H42N4O3/c1-5-23-21-24(27(35-4)30-22(23)2)13-9-7-6-8-12-16-29-28(33)32-19-17-31(18-20-32)25-14-10-11-15-26(25)34-3/h10-11,14-15,21H,5-9,12-13,16-20H2,1-4H3,(H,29,33). The van der Waals surface area contributed by atoms with Crippen molar-refractivity contribution in [2.45, 2.75) is 58.8 Å². The molecule has 0 saturated carbocycles. The number of unbranched alkanes of at least 4 members (excludes halogenated alkanes) is 4. The van der Waals surface area contributed by atoms with Crippen LogP contribution in [0.15, 0.2) is 30.3 Å². The van der Waals surface area contributed by atoms with Crippen molar-refractivity contribution in [1.82, 2.24) is 15.2 Å². The molecule has 3 rings (SSSR count). The second-order valence-corrected chi connectivity index (χ2v) is 9.15. The number of piperazine rings is 1. The van der Waals surface area contributed by atoms with Gasteiger partial charge in [0.2, 0.25) is 5.88 Å². The first-order valence-electron chi connectivity index (χ1n) is 13.0. The van der Waals surface area contributed by atoms with Gasteiger partial charge >= 0.3 is 6.03 Å². The molecule has 1 aromatic heterocycles. The highest BCUT2D eigenvalue weighted by molar-refractivity contribution is 5.74. The van der Waals surface area contributed by atoms with E-state index in [2.05, 4.69) is 34.3 Å². The van der Waals surface area contributed by atoms with E-state index in [1.807, 2.05) is 30.0 Å². The van der Waals surface area contributed by atoms with E-state index in [1.165, 1.54) is 24.0 Å². The van der Waals surface area contributed by atoms with Gasteiger partial charge in [0.05, 0.1) is 19.9 Å². The van der Waals surface area contributed by atoms with Crippen LogP contribution in [0.2, 0.25) is 0 Å². The monoisotopic (exact) mass is 482 g/mol. The molecule has 0 aliphatic carbocycles. The van der Waals surface area contributed by atoms with Crippen molar-refractivity contribution in [1.29, 1.82) is 0 Å². The fourth-order valence-electron chi connectivity index (χ4n) is 4.71. The third-order valence-corrected chi connectivity index (χ3v) is 6.82. The van der Waals surface area contributed by atoms with Gasteiger partial charge < -0.3 is 24.6 Å². The van der Waals surface area contributed by atoms with Crippen LogP contribution in [-0.2, 0) is 12.8 Å². The summed E-state index contributed by atoms with van der Waals surface area (Å²) in [5.41, 5.74) is 4.68. The van der Waals surface area contributed by atoms with Crippen LogP contribution in [0.25, 0.3) is 0 Å². The average molecular weight is 483 g/mol. The van der Waals surface area contributed by atoms with Gasteiger partial charge in [-0.3, -0.25) is 0 Å². The molecule has 1 saturated heterocycles. The Kier molecular flexibility index (Phi) is 10.5. The van der Waals surface area contributed by atoms with Gasteiger partial charge in [-0.1, -0.05) is 38.3 Å². The molecule has 1 aliphatic heterocycles. The molecule has 0 atom stereocenters. The van der Waals surface area contributed by atoms with Crippen LogP contribution in [0.1, 0.15) is 55.8 Å². The van der Waals surface area contributed by atoms with Crippen LogP contribution in [0.4, 0.5) is 10.5 Å². The number of urea groups is 1. The lowest BCUT2D eigenvalue weighted by Gasteiger charge is -2.36. The van der Waals surface area contributed by atoms with Gasteiger partial charge in [0.25, 0.3) is 0 Å². The van der Waals surface area contributed by atoms with E-state index in [0.717, 1.165) is 87.8 Å². The second-order valence-electron chi connectivity index (χ2n) is 9.15. The molecule has 7 heteroatoms. The van der Waals surface area contributed by atoms with Crippen LogP contribution in [0.5, 0.6) is 11.6 Å². The van der Waals surface area contributed by atoms with Crippen molar-refractivity contribution in [3.8, 4) is 11.6 Å². The minimum Gasteiger partial charge on any atom is -0.495 e. The summed E-state index contributed by atoms with van der Waals surface area (Å²) in [6.07, 6.45) is 7.63. The van der Waals surface area contributed by atoms with Crippen LogP contribution < -0.4 is 19.7 Å². The van der Waals surface area contributed by atoms with Crippen LogP contribution in [0.3, 0.4) is 0 Å². The Morgan fingerprint density at radius 3 is 2.40 bits per heavy atom. The van der Waals surface area contributed by atoms with Crippen LogP contribution in [-0.4, -0.2) is 62.9 Å². The number of methoxy groups -OCH3 is 2. The normalized spacial score (nSPS) is 13.6. The van der Waals surface area contributed by atoms with Gasteiger partial charge in [-0.2, -0.15) is 0 Å². The van der Waals surface area contributed by atoms with E-state index in [4.69, 9.17) is 9.47 Å². The summed E-state index contributed by atoms with van der Waals surface area (Å²) in [4.78, 5) is 21.4. The largest absolute Gasteiger partial charge is 0.495 e. The highest BCUT2D eigenvalue weighted by Gasteiger charge is 2.22. The fraction of sp³-hybridized carbons (Fsp3) is 0.571. The number of carbonyl (C=O) groups excluding carboxylic acids is 1. The number of nitrogens with one attached hydrogen (secondary N) is 1. The van der Waals surface area contributed by atoms with E-state index in [-0.39, 0.29) is 6.03 Å². The Balaban J connectivity index is 1.28. The summed E-state index contributed by atoms with van der Waals surface area (Å²) in [6.45, 7) is 8.03. The predicted octanol–water partition coefficient (Wildman–Crippen LogP) is 4.99. The molecule has 35 heavy (non-hydrogen) atoms. The Hall–Kier alpha value is -2.96. The van der Waals surface area contributed by atoms with Gasteiger partial charge in [0.15, 0.2) is 0 Å². The highest BCUT2D eigenvalue weighted by atomic mass is 16.5. The summed E-state index contributed by atoms with van der Waals surface area (Å²) in [6, 6.07) is 10.4. The van der Waals surface area contributed by atoms with Gasteiger partial charge in [-0.05, 0) is 56.4 Å². The Bertz CT molecular complexity index is 942. The number of hydrogen-bond donors (Lipinski definition) is 1. The number of aromatic nitrogens is 1. The molecule has 2 heterocycles. The maximum atomic E-state index is 12.5. The topological polar surface area (TPSA) is 66.9 Å². The molecule has 1 aromatic carbocycles. The number of anilines is 1. The minimum atomic E-state index is 0.0513. The van der Waals surface area contributed by atoms with Crippen molar-refractivity contribution < 1.29 is 14.3 Å². The Labute approximate surface area is 210 Å². The first kappa shape index (κ1) is 26.6. The van der Waals surface area contributed by atoms with Gasteiger partial charge in [-0.15, -0.1) is 0 Å². The van der Waals surface area contributed by atoms with E-state index in [9.17, 15) is 4.79 Å². The molecule has 0 radical (unpaired) electrons. The summed E-state index contributed by atoms with van der Waals surface area (Å²) in [5.74, 6) is 1.65. The Morgan fingerprint density at radius 1 is 0.971 bits per heavy atom. The predicted molar refractivity (Wildman–Crippen MR) is 142 cm³/mol. The third kappa shape index (κ3) is 7.51. The molecule has 0 bridgehead atoms. The van der Waals surface area contributed by atoms with Crippen molar-refractivity contribution in [3.63, 3.8) is 0 Å². The number of amides is 2. The molecule has 1 fully saturated rings. The molecular weight excluding hydrogens is 440 g/mol. The van der Waals surface area contributed by atoms with Crippen LogP contribution in [0, 0.1) is 6.92 Å². The lowest BCUT2D eigenvalue weighted by Crippen LogP contribution is -2.52. The molecule has 0 unspecified atom stereocenters. The summed E-state index contributed by atoms with van der Waals surface area (Å²) in [5, 5.41) is 3.10. The number of carbonyl (C=O) groups is 1. The second kappa shape index (κ2) is 13.8. The number of ether oxygens (including phenoxy) is 2. The van der Waals surface area contributed by atoms with Crippen molar-refractivity contribution in [3.05, 3.63) is 47.2 Å². The van der Waals surface area contributed by atoms with Crippen molar-refractivity contribution in [2.24, 2.45) is 0 Å². The smallest absolute Gasteiger partial charge is 0.317 e. The number of hydrogen-bond acceptors (Lipinski definition) is 5. The van der Waals surface area contributed by atoms with Crippen molar-refractivity contribution >= 4 is 11.7 Å². The first-order valence-corrected chi connectivity index (χ1v) is 13.0. The van der Waals surface area contributed by atoms with Crippen LogP contribution >= 0.6 is 0 Å². The minimum absolute atomic E-state index is 0.0513. The molecule has 2 aromatic rings. The number of nitrogens with zero attached hydrogens (tertiary/aromatic N) is 3. The van der Waals surface area contributed by atoms with E-state index in [1.54, 1.807) is 14.2 Å². The number of aryl methyl sites for hydroxylation is 3. The zero-order chi connectivity index (χ0) is 25.0. The fourth-order valence-corrected chi connectivity index (χ4v) is 4.71. The molecular formula is C28H42N4O3. The molecule has 1 aliphatic rings. The van der Waals surface area contributed by atoms with Crippen molar-refractivity contribution in [2.75, 3.05) is 51.8 Å². The molecule has 2 amide bonds. The quantitative estimate of drug-likeness (QED) is 0.432. The number of pyridine rings is 1. The SMILES string of the molecule is CCc1cc(CCCCCCCNC(=O)N2CCN(c3ccccc3OC)CC2)c(OC)nc1C. The molecule has 1 N–H and O–H groups in total.